The van der Waals surface area contributed by atoms with Crippen molar-refractivity contribution in [2.24, 2.45) is 11.8 Å². The smallest absolute Gasteiger partial charge is 0.0800 e. The molecule has 0 saturated carbocycles. The topological polar surface area (TPSA) is 40.5 Å². The number of rotatable bonds is 4. The second-order valence-electron chi connectivity index (χ2n) is 5.30. The fourth-order valence-corrected chi connectivity index (χ4v) is 2.11. The van der Waals surface area contributed by atoms with Crippen molar-refractivity contribution in [2.75, 3.05) is 0 Å². The fraction of sp³-hybridized carbons (Fsp3) is 0.714. The largest absolute Gasteiger partial charge is 0.389 e. The van der Waals surface area contributed by atoms with Gasteiger partial charge in [0, 0.05) is 0 Å². The summed E-state index contributed by atoms with van der Waals surface area (Å²) in [4.78, 5) is 0. The maximum absolute atomic E-state index is 9.79. The second-order valence-corrected chi connectivity index (χ2v) is 5.30. The SMILES string of the molecule is C[C@H](C/C=C/[C@@H](C)O)[C@H]1C=C[C@](C)(O)CC1. The van der Waals surface area contributed by atoms with Gasteiger partial charge in [0.2, 0.25) is 0 Å². The predicted octanol–water partition coefficient (Wildman–Crippen LogP) is 2.67. The maximum atomic E-state index is 9.79. The number of aliphatic hydroxyl groups excluding tert-OH is 1. The molecule has 0 unspecified atom stereocenters. The summed E-state index contributed by atoms with van der Waals surface area (Å²) in [5.41, 5.74) is -0.605. The van der Waals surface area contributed by atoms with Crippen LogP contribution in [-0.2, 0) is 0 Å². The fourth-order valence-electron chi connectivity index (χ4n) is 2.11. The Bertz CT molecular complexity index is 264. The monoisotopic (exact) mass is 224 g/mol. The lowest BCUT2D eigenvalue weighted by atomic mass is 9.79. The molecule has 92 valence electrons. The van der Waals surface area contributed by atoms with Crippen molar-refractivity contribution in [3.8, 4) is 0 Å². The number of aliphatic hydroxyl groups is 2. The van der Waals surface area contributed by atoms with Crippen LogP contribution in [0.5, 0.6) is 0 Å². The zero-order valence-corrected chi connectivity index (χ0v) is 10.6. The molecule has 0 aromatic heterocycles. The highest BCUT2D eigenvalue weighted by Gasteiger charge is 2.25. The van der Waals surface area contributed by atoms with Crippen LogP contribution in [0.4, 0.5) is 0 Å². The molecule has 2 heteroatoms. The minimum Gasteiger partial charge on any atom is -0.389 e. The summed E-state index contributed by atoms with van der Waals surface area (Å²) in [7, 11) is 0. The third-order valence-corrected chi connectivity index (χ3v) is 3.34. The molecule has 0 spiro atoms. The quantitative estimate of drug-likeness (QED) is 0.721. The van der Waals surface area contributed by atoms with Crippen LogP contribution in [0.2, 0.25) is 0 Å². The lowest BCUT2D eigenvalue weighted by molar-refractivity contribution is 0.0838. The zero-order valence-electron chi connectivity index (χ0n) is 10.6. The van der Waals surface area contributed by atoms with Gasteiger partial charge in [0.1, 0.15) is 0 Å². The highest BCUT2D eigenvalue weighted by atomic mass is 16.3. The number of allylic oxidation sites excluding steroid dienone is 2. The highest BCUT2D eigenvalue weighted by Crippen LogP contribution is 2.31. The van der Waals surface area contributed by atoms with Crippen LogP contribution in [0.15, 0.2) is 24.3 Å². The normalized spacial score (nSPS) is 34.2. The molecule has 1 aliphatic rings. The van der Waals surface area contributed by atoms with Crippen molar-refractivity contribution >= 4 is 0 Å². The highest BCUT2D eigenvalue weighted by molar-refractivity contribution is 5.07. The molecule has 0 aliphatic heterocycles. The Morgan fingerprint density at radius 3 is 2.69 bits per heavy atom. The molecule has 0 bridgehead atoms. The first-order valence-corrected chi connectivity index (χ1v) is 6.17. The molecule has 0 heterocycles. The van der Waals surface area contributed by atoms with E-state index in [4.69, 9.17) is 5.11 Å². The van der Waals surface area contributed by atoms with E-state index in [9.17, 15) is 5.11 Å². The van der Waals surface area contributed by atoms with E-state index < -0.39 is 5.60 Å². The molecule has 1 rings (SSSR count). The molecule has 1 aliphatic carbocycles. The summed E-state index contributed by atoms with van der Waals surface area (Å²) < 4.78 is 0. The molecule has 16 heavy (non-hydrogen) atoms. The van der Waals surface area contributed by atoms with Gasteiger partial charge in [-0.05, 0) is 44.9 Å². The van der Waals surface area contributed by atoms with Crippen molar-refractivity contribution in [3.05, 3.63) is 24.3 Å². The van der Waals surface area contributed by atoms with Crippen LogP contribution >= 0.6 is 0 Å². The first-order valence-electron chi connectivity index (χ1n) is 6.17. The van der Waals surface area contributed by atoms with Crippen LogP contribution in [0, 0.1) is 11.8 Å². The molecular weight excluding hydrogens is 200 g/mol. The van der Waals surface area contributed by atoms with Gasteiger partial charge in [0.25, 0.3) is 0 Å². The van der Waals surface area contributed by atoms with Gasteiger partial charge in [0.15, 0.2) is 0 Å². The third kappa shape index (κ3) is 4.50. The van der Waals surface area contributed by atoms with E-state index >= 15 is 0 Å². The van der Waals surface area contributed by atoms with E-state index in [1.807, 2.05) is 19.1 Å². The number of hydrogen-bond acceptors (Lipinski definition) is 2. The Kier molecular flexibility index (Phi) is 4.75. The first kappa shape index (κ1) is 13.5. The van der Waals surface area contributed by atoms with Gasteiger partial charge in [0.05, 0.1) is 11.7 Å². The van der Waals surface area contributed by atoms with Gasteiger partial charge in [-0.1, -0.05) is 31.2 Å². The lowest BCUT2D eigenvalue weighted by Gasteiger charge is -2.30. The number of hydrogen-bond donors (Lipinski definition) is 2. The zero-order chi connectivity index (χ0) is 12.2. The minimum absolute atomic E-state index is 0.352. The molecule has 0 saturated heterocycles. The summed E-state index contributed by atoms with van der Waals surface area (Å²) in [5.74, 6) is 1.13. The molecule has 0 radical (unpaired) electrons. The molecule has 0 fully saturated rings. The van der Waals surface area contributed by atoms with E-state index in [-0.39, 0.29) is 6.10 Å². The average molecular weight is 224 g/mol. The summed E-state index contributed by atoms with van der Waals surface area (Å²) in [6.45, 7) is 5.85. The molecule has 2 N–H and O–H groups in total. The van der Waals surface area contributed by atoms with Crippen molar-refractivity contribution in [3.63, 3.8) is 0 Å². The Hall–Kier alpha value is -0.600. The molecule has 4 atom stereocenters. The van der Waals surface area contributed by atoms with E-state index in [2.05, 4.69) is 19.1 Å². The van der Waals surface area contributed by atoms with Crippen molar-refractivity contribution in [1.29, 1.82) is 0 Å². The first-order chi connectivity index (χ1) is 7.41. The minimum atomic E-state index is -0.605. The lowest BCUT2D eigenvalue weighted by Crippen LogP contribution is -2.27. The van der Waals surface area contributed by atoms with E-state index in [0.29, 0.717) is 11.8 Å². The van der Waals surface area contributed by atoms with Crippen LogP contribution in [-0.4, -0.2) is 21.9 Å². The molecule has 0 amide bonds. The van der Waals surface area contributed by atoms with Gasteiger partial charge in [-0.3, -0.25) is 0 Å². The Morgan fingerprint density at radius 2 is 2.19 bits per heavy atom. The molecule has 0 aromatic carbocycles. The van der Waals surface area contributed by atoms with E-state index in [1.165, 1.54) is 0 Å². The van der Waals surface area contributed by atoms with Crippen LogP contribution in [0.25, 0.3) is 0 Å². The van der Waals surface area contributed by atoms with Gasteiger partial charge in [-0.25, -0.2) is 0 Å². The molecule has 2 nitrogen and oxygen atoms in total. The molecular formula is C14H24O2. The second kappa shape index (κ2) is 5.65. The summed E-state index contributed by atoms with van der Waals surface area (Å²) >= 11 is 0. The summed E-state index contributed by atoms with van der Waals surface area (Å²) in [5, 5.41) is 18.9. The molecule has 0 aromatic rings. The Labute approximate surface area is 98.7 Å². The standard InChI is InChI=1S/C14H24O2/c1-11(5-4-6-12(2)15)13-7-9-14(3,16)10-8-13/h4,6-7,9,11-13,15-16H,5,8,10H2,1-3H3/b6-4+/t11-,12-,13+,14+/m1/s1. The Balaban J connectivity index is 2.41. The maximum Gasteiger partial charge on any atom is 0.0800 e. The summed E-state index contributed by atoms with van der Waals surface area (Å²) in [6.07, 6.45) is 10.5. The summed E-state index contributed by atoms with van der Waals surface area (Å²) in [6, 6.07) is 0. The predicted molar refractivity (Wildman–Crippen MR) is 67.1 cm³/mol. The average Bonchev–Trinajstić information content (AvgIpc) is 2.16. The van der Waals surface area contributed by atoms with Crippen LogP contribution in [0.3, 0.4) is 0 Å². The van der Waals surface area contributed by atoms with Crippen molar-refractivity contribution < 1.29 is 10.2 Å². The van der Waals surface area contributed by atoms with Gasteiger partial charge >= 0.3 is 0 Å². The Morgan fingerprint density at radius 1 is 1.50 bits per heavy atom. The van der Waals surface area contributed by atoms with Crippen molar-refractivity contribution in [1.82, 2.24) is 0 Å². The van der Waals surface area contributed by atoms with Crippen LogP contribution in [0.1, 0.15) is 40.0 Å². The van der Waals surface area contributed by atoms with E-state index in [0.717, 1.165) is 19.3 Å². The van der Waals surface area contributed by atoms with E-state index in [1.54, 1.807) is 6.92 Å². The van der Waals surface area contributed by atoms with Gasteiger partial charge < -0.3 is 10.2 Å². The van der Waals surface area contributed by atoms with Gasteiger partial charge in [-0.2, -0.15) is 0 Å². The van der Waals surface area contributed by atoms with Crippen molar-refractivity contribution in [2.45, 2.75) is 51.7 Å². The third-order valence-electron chi connectivity index (χ3n) is 3.34. The van der Waals surface area contributed by atoms with Crippen LogP contribution < -0.4 is 0 Å². The van der Waals surface area contributed by atoms with Gasteiger partial charge in [-0.15, -0.1) is 0 Å².